The minimum absolute atomic E-state index is 0.0317. The zero-order valence-corrected chi connectivity index (χ0v) is 19.1. The molecule has 1 saturated heterocycles. The fourth-order valence-electron chi connectivity index (χ4n) is 5.08. The lowest BCUT2D eigenvalue weighted by Crippen LogP contribution is -2.38. The molecule has 2 aromatic carbocycles. The van der Waals surface area contributed by atoms with Gasteiger partial charge in [-0.1, -0.05) is 42.5 Å². The van der Waals surface area contributed by atoms with E-state index in [9.17, 15) is 9.90 Å². The van der Waals surface area contributed by atoms with Crippen molar-refractivity contribution in [2.45, 2.75) is 25.3 Å². The van der Waals surface area contributed by atoms with Crippen LogP contribution in [0.4, 0.5) is 10.6 Å². The van der Waals surface area contributed by atoms with Crippen molar-refractivity contribution in [3.05, 3.63) is 78.4 Å². The lowest BCUT2D eigenvalue weighted by atomic mass is 9.94. The van der Waals surface area contributed by atoms with Crippen LogP contribution in [0.3, 0.4) is 0 Å². The second-order valence-corrected chi connectivity index (χ2v) is 9.04. The van der Waals surface area contributed by atoms with Crippen molar-refractivity contribution in [2.75, 3.05) is 18.8 Å². The number of amides is 1. The van der Waals surface area contributed by atoms with Crippen molar-refractivity contribution in [1.29, 1.82) is 0 Å². The van der Waals surface area contributed by atoms with Crippen LogP contribution in [0.5, 0.6) is 0 Å². The van der Waals surface area contributed by atoms with Crippen LogP contribution in [0.1, 0.15) is 30.0 Å². The Balaban J connectivity index is 1.41. The third-order valence-electron chi connectivity index (χ3n) is 6.77. The zero-order valence-electron chi connectivity index (χ0n) is 19.1. The fraction of sp³-hybridized carbons (Fsp3) is 0.231. The maximum absolute atomic E-state index is 11.6. The molecule has 3 aromatic heterocycles. The lowest BCUT2D eigenvalue weighted by molar-refractivity contribution is 0.130. The quantitative estimate of drug-likeness (QED) is 0.409. The number of likely N-dealkylation sites (tertiary alicyclic amines) is 1. The molecular formula is C26H25N7O2. The summed E-state index contributed by atoms with van der Waals surface area (Å²) in [5.41, 5.74) is 12.0. The van der Waals surface area contributed by atoms with Gasteiger partial charge < -0.3 is 15.7 Å². The largest absolute Gasteiger partial charge is 0.465 e. The van der Waals surface area contributed by atoms with Gasteiger partial charge in [-0.2, -0.15) is 10.2 Å². The summed E-state index contributed by atoms with van der Waals surface area (Å²) >= 11 is 0. The molecular weight excluding hydrogens is 442 g/mol. The van der Waals surface area contributed by atoms with E-state index in [0.29, 0.717) is 25.5 Å². The molecule has 1 aliphatic rings. The molecule has 5 aromatic rings. The Morgan fingerprint density at radius 2 is 2.00 bits per heavy atom. The SMILES string of the molecule is Nc1ncnn2c(C3CCCN(C(=O)O)C3)cc(-c3ccc4cn(Cc5ccccc5)nc4c3)c12. The Kier molecular flexibility index (Phi) is 5.09. The number of hydrogen-bond acceptors (Lipinski definition) is 5. The molecule has 0 aliphatic carbocycles. The number of benzene rings is 2. The average molecular weight is 468 g/mol. The molecule has 1 fully saturated rings. The second-order valence-electron chi connectivity index (χ2n) is 9.04. The number of fused-ring (bicyclic) bond motifs is 2. The Bertz CT molecular complexity index is 1540. The lowest BCUT2D eigenvalue weighted by Gasteiger charge is -2.30. The molecule has 35 heavy (non-hydrogen) atoms. The Morgan fingerprint density at radius 3 is 2.83 bits per heavy atom. The molecule has 0 radical (unpaired) electrons. The summed E-state index contributed by atoms with van der Waals surface area (Å²) in [4.78, 5) is 17.3. The van der Waals surface area contributed by atoms with Crippen LogP contribution in [0.15, 0.2) is 67.1 Å². The molecule has 1 aliphatic heterocycles. The number of nitrogens with zero attached hydrogens (tertiary/aromatic N) is 6. The van der Waals surface area contributed by atoms with E-state index in [1.807, 2.05) is 27.4 Å². The summed E-state index contributed by atoms with van der Waals surface area (Å²) in [6.07, 6.45) is 4.31. The Labute approximate surface area is 201 Å². The Hall–Kier alpha value is -4.40. The summed E-state index contributed by atoms with van der Waals surface area (Å²) in [5.74, 6) is 0.422. The van der Waals surface area contributed by atoms with Gasteiger partial charge >= 0.3 is 6.09 Å². The van der Waals surface area contributed by atoms with Crippen molar-refractivity contribution < 1.29 is 9.90 Å². The van der Waals surface area contributed by atoms with E-state index in [2.05, 4.69) is 52.7 Å². The summed E-state index contributed by atoms with van der Waals surface area (Å²) in [5, 5.41) is 19.8. The van der Waals surface area contributed by atoms with Gasteiger partial charge in [-0.3, -0.25) is 4.68 Å². The van der Waals surface area contributed by atoms with Gasteiger partial charge in [-0.25, -0.2) is 14.3 Å². The summed E-state index contributed by atoms with van der Waals surface area (Å²) in [6.45, 7) is 1.70. The van der Waals surface area contributed by atoms with Gasteiger partial charge in [0.05, 0.1) is 12.1 Å². The number of anilines is 1. The van der Waals surface area contributed by atoms with Gasteiger partial charge in [0.1, 0.15) is 11.8 Å². The highest BCUT2D eigenvalue weighted by Gasteiger charge is 2.28. The van der Waals surface area contributed by atoms with Crippen molar-refractivity contribution in [3.63, 3.8) is 0 Å². The number of aromatic nitrogens is 5. The van der Waals surface area contributed by atoms with E-state index in [1.165, 1.54) is 16.8 Å². The van der Waals surface area contributed by atoms with Crippen LogP contribution >= 0.6 is 0 Å². The van der Waals surface area contributed by atoms with E-state index in [0.717, 1.165) is 46.1 Å². The number of nitrogens with two attached hydrogens (primary N) is 1. The second kappa shape index (κ2) is 8.43. The number of carboxylic acid groups (broad SMARTS) is 1. The topological polar surface area (TPSA) is 115 Å². The minimum Gasteiger partial charge on any atom is -0.465 e. The molecule has 176 valence electrons. The zero-order chi connectivity index (χ0) is 23.9. The number of hydrogen-bond donors (Lipinski definition) is 2. The van der Waals surface area contributed by atoms with E-state index in [1.54, 1.807) is 0 Å². The standard InChI is InChI=1S/C26H25N7O2/c27-25-24-21(12-23(33(24)29-16-28-25)20-7-4-10-31(14-20)26(34)35)18-8-9-19-15-32(30-22(19)11-18)13-17-5-2-1-3-6-17/h1-3,5-6,8-9,11-12,15-16,20H,4,7,10,13-14H2,(H,34,35)(H2,27,28,29). The summed E-state index contributed by atoms with van der Waals surface area (Å²) in [6, 6.07) is 18.5. The van der Waals surface area contributed by atoms with E-state index in [-0.39, 0.29) is 5.92 Å². The monoisotopic (exact) mass is 467 g/mol. The highest BCUT2D eigenvalue weighted by atomic mass is 16.4. The van der Waals surface area contributed by atoms with Crippen molar-refractivity contribution in [1.82, 2.24) is 29.3 Å². The minimum atomic E-state index is -0.888. The average Bonchev–Trinajstić information content (AvgIpc) is 3.46. The molecule has 3 N–H and O–H groups in total. The molecule has 1 unspecified atom stereocenters. The molecule has 4 heterocycles. The van der Waals surface area contributed by atoms with Gasteiger partial charge in [0.15, 0.2) is 5.82 Å². The van der Waals surface area contributed by atoms with Crippen molar-refractivity contribution in [2.24, 2.45) is 0 Å². The smallest absolute Gasteiger partial charge is 0.407 e. The highest BCUT2D eigenvalue weighted by molar-refractivity contribution is 5.92. The maximum Gasteiger partial charge on any atom is 0.407 e. The normalized spacial score (nSPS) is 16.2. The predicted molar refractivity (Wildman–Crippen MR) is 133 cm³/mol. The van der Waals surface area contributed by atoms with Crippen LogP contribution in [0.25, 0.3) is 27.5 Å². The first kappa shape index (κ1) is 21.2. The van der Waals surface area contributed by atoms with Crippen LogP contribution < -0.4 is 5.73 Å². The molecule has 0 spiro atoms. The predicted octanol–water partition coefficient (Wildman–Crippen LogP) is 4.23. The molecule has 6 rings (SSSR count). The first-order valence-corrected chi connectivity index (χ1v) is 11.7. The molecule has 1 amide bonds. The molecule has 9 nitrogen and oxygen atoms in total. The maximum atomic E-state index is 11.6. The summed E-state index contributed by atoms with van der Waals surface area (Å²) < 4.78 is 3.78. The third-order valence-corrected chi connectivity index (χ3v) is 6.77. The molecule has 1 atom stereocenters. The number of rotatable bonds is 4. The number of nitrogen functional groups attached to an aromatic ring is 1. The first-order chi connectivity index (χ1) is 17.1. The van der Waals surface area contributed by atoms with Gasteiger partial charge in [0.2, 0.25) is 0 Å². The van der Waals surface area contributed by atoms with E-state index >= 15 is 0 Å². The van der Waals surface area contributed by atoms with Gasteiger partial charge in [0.25, 0.3) is 0 Å². The van der Waals surface area contributed by atoms with Gasteiger partial charge in [-0.15, -0.1) is 0 Å². The van der Waals surface area contributed by atoms with Crippen molar-refractivity contribution in [3.8, 4) is 11.1 Å². The van der Waals surface area contributed by atoms with Gasteiger partial charge in [-0.05, 0) is 36.1 Å². The molecule has 9 heteroatoms. The fourth-order valence-corrected chi connectivity index (χ4v) is 5.08. The van der Waals surface area contributed by atoms with Crippen LogP contribution in [-0.4, -0.2) is 53.6 Å². The van der Waals surface area contributed by atoms with E-state index in [4.69, 9.17) is 10.8 Å². The summed E-state index contributed by atoms with van der Waals surface area (Å²) in [7, 11) is 0. The van der Waals surface area contributed by atoms with Gasteiger partial charge in [0, 0.05) is 41.8 Å². The van der Waals surface area contributed by atoms with Crippen molar-refractivity contribution >= 4 is 28.3 Å². The number of carbonyl (C=O) groups is 1. The first-order valence-electron chi connectivity index (χ1n) is 11.7. The van der Waals surface area contributed by atoms with Crippen LogP contribution in [0.2, 0.25) is 0 Å². The molecule has 0 bridgehead atoms. The Morgan fingerprint density at radius 1 is 1.14 bits per heavy atom. The third kappa shape index (κ3) is 3.84. The molecule has 0 saturated carbocycles. The number of piperidine rings is 1. The van der Waals surface area contributed by atoms with E-state index < -0.39 is 6.09 Å². The highest BCUT2D eigenvalue weighted by Crippen LogP contribution is 2.36. The van der Waals surface area contributed by atoms with Crippen LogP contribution in [-0.2, 0) is 6.54 Å². The van der Waals surface area contributed by atoms with Crippen LogP contribution in [0, 0.1) is 0 Å².